The lowest BCUT2D eigenvalue weighted by atomic mass is 9.93. The van der Waals surface area contributed by atoms with Crippen LogP contribution >= 0.6 is 0 Å². The van der Waals surface area contributed by atoms with Crippen LogP contribution in [0.5, 0.6) is 0 Å². The summed E-state index contributed by atoms with van der Waals surface area (Å²) in [5.41, 5.74) is 6.27. The Morgan fingerprint density at radius 3 is 2.89 bits per heavy atom. The summed E-state index contributed by atoms with van der Waals surface area (Å²) in [7, 11) is 4.24. The minimum Gasteiger partial charge on any atom is -0.337 e. The molecule has 1 fully saturated rings. The Balaban J connectivity index is 2.07. The molecule has 4 heteroatoms. The molecule has 0 aromatic carbocycles. The average Bonchev–Trinajstić information content (AvgIpc) is 2.97. The van der Waals surface area contributed by atoms with E-state index in [0.29, 0.717) is 0 Å². The summed E-state index contributed by atoms with van der Waals surface area (Å²) in [6.07, 6.45) is 8.92. The molecule has 0 saturated heterocycles. The van der Waals surface area contributed by atoms with E-state index >= 15 is 0 Å². The Bertz CT molecular complexity index is 387. The Morgan fingerprint density at radius 1 is 1.61 bits per heavy atom. The second-order valence-electron chi connectivity index (χ2n) is 5.76. The Morgan fingerprint density at radius 2 is 2.39 bits per heavy atom. The van der Waals surface area contributed by atoms with E-state index in [4.69, 9.17) is 5.73 Å². The fraction of sp³-hybridized carbons (Fsp3) is 0.786. The molecule has 1 aromatic heterocycles. The molecule has 0 amide bonds. The third kappa shape index (κ3) is 2.45. The van der Waals surface area contributed by atoms with Crippen molar-refractivity contribution in [1.82, 2.24) is 14.5 Å². The van der Waals surface area contributed by atoms with Crippen LogP contribution in [-0.4, -0.2) is 33.6 Å². The number of imidazole rings is 1. The summed E-state index contributed by atoms with van der Waals surface area (Å²) in [5, 5.41) is 0. The molecule has 1 aromatic rings. The maximum Gasteiger partial charge on any atom is 0.122 e. The fourth-order valence-electron chi connectivity index (χ4n) is 3.18. The highest BCUT2D eigenvalue weighted by molar-refractivity contribution is 5.00. The van der Waals surface area contributed by atoms with E-state index in [-0.39, 0.29) is 5.54 Å². The maximum atomic E-state index is 6.08. The molecule has 18 heavy (non-hydrogen) atoms. The van der Waals surface area contributed by atoms with Gasteiger partial charge in [-0.3, -0.25) is 4.90 Å². The second kappa shape index (κ2) is 5.41. The summed E-state index contributed by atoms with van der Waals surface area (Å²) in [6, 6.07) is 0. The molecule has 4 nitrogen and oxygen atoms in total. The molecule has 0 radical (unpaired) electrons. The van der Waals surface area contributed by atoms with Crippen LogP contribution in [0.1, 0.15) is 38.4 Å². The quantitative estimate of drug-likeness (QED) is 0.866. The monoisotopic (exact) mass is 250 g/mol. The third-order valence-electron chi connectivity index (χ3n) is 4.75. The molecule has 0 aliphatic heterocycles. The summed E-state index contributed by atoms with van der Waals surface area (Å²) in [5.74, 6) is 1.96. The van der Waals surface area contributed by atoms with Gasteiger partial charge in [0.2, 0.25) is 0 Å². The van der Waals surface area contributed by atoms with Crippen molar-refractivity contribution in [2.75, 3.05) is 13.6 Å². The predicted molar refractivity (Wildman–Crippen MR) is 74.1 cm³/mol. The molecular formula is C14H26N4. The van der Waals surface area contributed by atoms with Gasteiger partial charge in [-0.25, -0.2) is 4.98 Å². The van der Waals surface area contributed by atoms with E-state index in [1.54, 1.807) is 0 Å². The van der Waals surface area contributed by atoms with Crippen LogP contribution in [0.15, 0.2) is 12.4 Å². The fourth-order valence-corrected chi connectivity index (χ4v) is 3.18. The van der Waals surface area contributed by atoms with E-state index in [0.717, 1.165) is 24.8 Å². The Hall–Kier alpha value is -0.870. The first-order valence-corrected chi connectivity index (χ1v) is 6.99. The van der Waals surface area contributed by atoms with Crippen molar-refractivity contribution in [3.05, 3.63) is 18.2 Å². The lowest BCUT2D eigenvalue weighted by molar-refractivity contribution is 0.115. The summed E-state index contributed by atoms with van der Waals surface area (Å²) in [6.45, 7) is 3.93. The van der Waals surface area contributed by atoms with Crippen molar-refractivity contribution < 1.29 is 0 Å². The third-order valence-corrected chi connectivity index (χ3v) is 4.75. The topological polar surface area (TPSA) is 47.1 Å². The molecule has 2 N–H and O–H groups in total. The van der Waals surface area contributed by atoms with Crippen LogP contribution in [-0.2, 0) is 13.6 Å². The first kappa shape index (κ1) is 13.6. The number of aryl methyl sites for hydroxylation is 1. The highest BCUT2D eigenvalue weighted by atomic mass is 15.2. The second-order valence-corrected chi connectivity index (χ2v) is 5.76. The van der Waals surface area contributed by atoms with Gasteiger partial charge in [0, 0.05) is 31.5 Å². The van der Waals surface area contributed by atoms with Gasteiger partial charge in [0.05, 0.1) is 6.54 Å². The van der Waals surface area contributed by atoms with Crippen LogP contribution in [0.3, 0.4) is 0 Å². The molecule has 1 aliphatic rings. The first-order valence-electron chi connectivity index (χ1n) is 6.99. The molecule has 2 rings (SSSR count). The smallest absolute Gasteiger partial charge is 0.122 e. The van der Waals surface area contributed by atoms with Crippen LogP contribution in [0, 0.1) is 5.92 Å². The van der Waals surface area contributed by atoms with Crippen LogP contribution in [0.2, 0.25) is 0 Å². The zero-order valence-corrected chi connectivity index (χ0v) is 11.9. The zero-order valence-electron chi connectivity index (χ0n) is 11.9. The number of likely N-dealkylation sites (N-methyl/N-ethyl adjacent to an activating group) is 1. The minimum atomic E-state index is 0.187. The number of hydrogen-bond acceptors (Lipinski definition) is 3. The molecule has 102 valence electrons. The number of hydrogen-bond donors (Lipinski definition) is 1. The molecule has 2 unspecified atom stereocenters. The highest BCUT2D eigenvalue weighted by Crippen LogP contribution is 2.39. The van der Waals surface area contributed by atoms with Crippen molar-refractivity contribution in [3.8, 4) is 0 Å². The maximum absolute atomic E-state index is 6.08. The van der Waals surface area contributed by atoms with Gasteiger partial charge in [0.25, 0.3) is 0 Å². The predicted octanol–water partition coefficient (Wildman–Crippen LogP) is 1.76. The standard InChI is InChI=1S/C14H26N4/c1-4-12-5-6-14(9-12,11-15)18(3)10-13-16-7-8-17(13)2/h7-8,12H,4-6,9-11,15H2,1-3H3. The van der Waals surface area contributed by atoms with Gasteiger partial charge in [-0.2, -0.15) is 0 Å². The lowest BCUT2D eigenvalue weighted by Crippen LogP contribution is -2.50. The Kier molecular flexibility index (Phi) is 4.07. The van der Waals surface area contributed by atoms with Crippen molar-refractivity contribution >= 4 is 0 Å². The SMILES string of the molecule is CCC1CCC(CN)(N(C)Cc2nccn2C)C1. The van der Waals surface area contributed by atoms with Gasteiger partial charge in [-0.1, -0.05) is 13.3 Å². The Labute approximate surface area is 110 Å². The summed E-state index contributed by atoms with van der Waals surface area (Å²) >= 11 is 0. The zero-order chi connectivity index (χ0) is 13.2. The van der Waals surface area contributed by atoms with Gasteiger partial charge < -0.3 is 10.3 Å². The molecule has 2 atom stereocenters. The van der Waals surface area contributed by atoms with Gasteiger partial charge >= 0.3 is 0 Å². The van der Waals surface area contributed by atoms with Gasteiger partial charge in [0.1, 0.15) is 5.82 Å². The largest absolute Gasteiger partial charge is 0.337 e. The van der Waals surface area contributed by atoms with Crippen molar-refractivity contribution in [2.24, 2.45) is 18.7 Å². The highest BCUT2D eigenvalue weighted by Gasteiger charge is 2.40. The van der Waals surface area contributed by atoms with Crippen molar-refractivity contribution in [1.29, 1.82) is 0 Å². The van der Waals surface area contributed by atoms with E-state index in [1.807, 2.05) is 12.4 Å². The number of rotatable bonds is 5. The summed E-state index contributed by atoms with van der Waals surface area (Å²) in [4.78, 5) is 6.83. The number of aromatic nitrogens is 2. The van der Waals surface area contributed by atoms with E-state index in [9.17, 15) is 0 Å². The molecule has 1 aliphatic carbocycles. The van der Waals surface area contributed by atoms with Crippen molar-refractivity contribution in [3.63, 3.8) is 0 Å². The van der Waals surface area contributed by atoms with Crippen LogP contribution in [0.25, 0.3) is 0 Å². The average molecular weight is 250 g/mol. The molecular weight excluding hydrogens is 224 g/mol. The minimum absolute atomic E-state index is 0.187. The van der Waals surface area contributed by atoms with Gasteiger partial charge in [-0.05, 0) is 32.2 Å². The van der Waals surface area contributed by atoms with Gasteiger partial charge in [-0.15, -0.1) is 0 Å². The van der Waals surface area contributed by atoms with E-state index in [1.165, 1.54) is 25.7 Å². The number of nitrogens with two attached hydrogens (primary N) is 1. The summed E-state index contributed by atoms with van der Waals surface area (Å²) < 4.78 is 2.09. The lowest BCUT2D eigenvalue weighted by Gasteiger charge is -2.38. The molecule has 1 saturated carbocycles. The molecule has 1 heterocycles. The van der Waals surface area contributed by atoms with Crippen LogP contribution in [0.4, 0.5) is 0 Å². The van der Waals surface area contributed by atoms with Crippen molar-refractivity contribution in [2.45, 2.75) is 44.7 Å². The molecule has 0 bridgehead atoms. The van der Waals surface area contributed by atoms with Crippen LogP contribution < -0.4 is 5.73 Å². The van der Waals surface area contributed by atoms with Gasteiger partial charge in [0.15, 0.2) is 0 Å². The number of nitrogens with zero attached hydrogens (tertiary/aromatic N) is 3. The van der Waals surface area contributed by atoms with E-state index < -0.39 is 0 Å². The first-order chi connectivity index (χ1) is 8.61. The van der Waals surface area contributed by atoms with E-state index in [2.05, 4.69) is 35.5 Å². The molecule has 0 spiro atoms. The normalized spacial score (nSPS) is 28.2.